The number of halogens is 1. The smallest absolute Gasteiger partial charge is 0.373 e. The zero-order chi connectivity index (χ0) is 15.4. The van der Waals surface area contributed by atoms with Crippen molar-refractivity contribution in [2.45, 2.75) is 6.04 Å². The number of methoxy groups -OCH3 is 2. The Kier molecular flexibility index (Phi) is 4.88. The van der Waals surface area contributed by atoms with E-state index in [4.69, 9.17) is 20.8 Å². The molecular formula is C15H16ClNO4. The maximum Gasteiger partial charge on any atom is 0.373 e. The van der Waals surface area contributed by atoms with Crippen LogP contribution in [0.1, 0.15) is 27.9 Å². The van der Waals surface area contributed by atoms with Gasteiger partial charge >= 0.3 is 5.97 Å². The third kappa shape index (κ3) is 3.20. The second kappa shape index (κ2) is 6.65. The van der Waals surface area contributed by atoms with Crippen molar-refractivity contribution in [3.63, 3.8) is 0 Å². The number of carbonyl (C=O) groups is 1. The summed E-state index contributed by atoms with van der Waals surface area (Å²) in [5, 5.41) is 3.71. The van der Waals surface area contributed by atoms with Gasteiger partial charge in [0.1, 0.15) is 11.5 Å². The largest absolute Gasteiger partial charge is 0.496 e. The molecule has 112 valence electrons. The maximum absolute atomic E-state index is 11.5. The van der Waals surface area contributed by atoms with Crippen LogP contribution in [0.25, 0.3) is 0 Å². The molecular weight excluding hydrogens is 294 g/mol. The van der Waals surface area contributed by atoms with Crippen molar-refractivity contribution in [3.05, 3.63) is 52.4 Å². The fraction of sp³-hybridized carbons (Fsp3) is 0.267. The number of nitrogens with one attached hydrogen (secondary N) is 1. The van der Waals surface area contributed by atoms with E-state index < -0.39 is 5.97 Å². The quantitative estimate of drug-likeness (QED) is 0.860. The van der Waals surface area contributed by atoms with Crippen LogP contribution in [0.5, 0.6) is 5.75 Å². The first-order valence-corrected chi connectivity index (χ1v) is 6.67. The Hall–Kier alpha value is -1.98. The second-order valence-electron chi connectivity index (χ2n) is 4.30. The van der Waals surface area contributed by atoms with E-state index in [1.54, 1.807) is 38.4 Å². The summed E-state index contributed by atoms with van der Waals surface area (Å²) in [5.74, 6) is 0.858. The summed E-state index contributed by atoms with van der Waals surface area (Å²) in [5.41, 5.74) is 0.857. The molecule has 0 saturated carbocycles. The number of carbonyl (C=O) groups excluding carboxylic acids is 1. The monoisotopic (exact) mass is 309 g/mol. The minimum atomic E-state index is -0.515. The van der Waals surface area contributed by atoms with Crippen LogP contribution in [0, 0.1) is 0 Å². The lowest BCUT2D eigenvalue weighted by atomic mass is 10.0. The SMILES string of the molecule is CNC(c1ccc(C(=O)OC)o1)c1ccc(Cl)cc1OC. The molecule has 0 fully saturated rings. The van der Waals surface area contributed by atoms with Gasteiger partial charge in [0.05, 0.1) is 20.3 Å². The highest BCUT2D eigenvalue weighted by atomic mass is 35.5. The van der Waals surface area contributed by atoms with E-state index in [1.165, 1.54) is 7.11 Å². The molecule has 1 atom stereocenters. The predicted octanol–water partition coefficient (Wildman–Crippen LogP) is 3.04. The summed E-state index contributed by atoms with van der Waals surface area (Å²) in [6.07, 6.45) is 0. The second-order valence-corrected chi connectivity index (χ2v) is 4.74. The van der Waals surface area contributed by atoms with Crippen molar-refractivity contribution in [1.29, 1.82) is 0 Å². The summed E-state index contributed by atoms with van der Waals surface area (Å²) < 4.78 is 15.5. The number of esters is 1. The molecule has 1 aromatic heterocycles. The first-order valence-electron chi connectivity index (χ1n) is 6.29. The molecule has 1 unspecified atom stereocenters. The molecule has 6 heteroatoms. The molecule has 2 aromatic rings. The van der Waals surface area contributed by atoms with E-state index in [1.807, 2.05) is 6.07 Å². The van der Waals surface area contributed by atoms with Gasteiger partial charge in [-0.25, -0.2) is 4.79 Å². The predicted molar refractivity (Wildman–Crippen MR) is 79.0 cm³/mol. The van der Waals surface area contributed by atoms with Crippen LogP contribution in [0.4, 0.5) is 0 Å². The molecule has 0 radical (unpaired) electrons. The van der Waals surface area contributed by atoms with Gasteiger partial charge in [0.2, 0.25) is 5.76 Å². The molecule has 0 aliphatic carbocycles. The van der Waals surface area contributed by atoms with E-state index in [0.717, 1.165) is 5.56 Å². The zero-order valence-electron chi connectivity index (χ0n) is 12.0. The molecule has 21 heavy (non-hydrogen) atoms. The Morgan fingerprint density at radius 3 is 2.67 bits per heavy atom. The van der Waals surface area contributed by atoms with Gasteiger partial charge in [0.25, 0.3) is 0 Å². The average Bonchev–Trinajstić information content (AvgIpc) is 2.98. The number of hydrogen-bond acceptors (Lipinski definition) is 5. The Morgan fingerprint density at radius 1 is 1.29 bits per heavy atom. The highest BCUT2D eigenvalue weighted by Crippen LogP contribution is 2.32. The lowest BCUT2D eigenvalue weighted by Crippen LogP contribution is -2.18. The zero-order valence-corrected chi connectivity index (χ0v) is 12.7. The molecule has 0 spiro atoms. The summed E-state index contributed by atoms with van der Waals surface area (Å²) in [6.45, 7) is 0. The third-order valence-electron chi connectivity index (χ3n) is 3.09. The first-order chi connectivity index (χ1) is 10.1. The Bertz CT molecular complexity index is 638. The van der Waals surface area contributed by atoms with Crippen molar-refractivity contribution in [3.8, 4) is 5.75 Å². The van der Waals surface area contributed by atoms with Crippen LogP contribution >= 0.6 is 11.6 Å². The summed E-state index contributed by atoms with van der Waals surface area (Å²) >= 11 is 5.97. The minimum absolute atomic E-state index is 0.153. The fourth-order valence-corrected chi connectivity index (χ4v) is 2.25. The lowest BCUT2D eigenvalue weighted by molar-refractivity contribution is 0.0562. The molecule has 0 aliphatic heterocycles. The first kappa shape index (κ1) is 15.4. The van der Waals surface area contributed by atoms with E-state index in [-0.39, 0.29) is 11.8 Å². The Labute approximate surface area is 127 Å². The molecule has 0 bridgehead atoms. The van der Waals surface area contributed by atoms with Crippen LogP contribution in [-0.2, 0) is 4.74 Å². The van der Waals surface area contributed by atoms with Crippen LogP contribution in [0.15, 0.2) is 34.7 Å². The number of rotatable bonds is 5. The lowest BCUT2D eigenvalue weighted by Gasteiger charge is -2.17. The molecule has 0 aliphatic rings. The molecule has 1 heterocycles. The minimum Gasteiger partial charge on any atom is -0.496 e. The average molecular weight is 310 g/mol. The van der Waals surface area contributed by atoms with E-state index in [0.29, 0.717) is 16.5 Å². The van der Waals surface area contributed by atoms with Gasteiger partial charge < -0.3 is 19.2 Å². The van der Waals surface area contributed by atoms with Gasteiger partial charge in [-0.3, -0.25) is 0 Å². The molecule has 2 rings (SSSR count). The number of ether oxygens (including phenoxy) is 2. The van der Waals surface area contributed by atoms with Crippen LogP contribution in [-0.4, -0.2) is 27.2 Å². The van der Waals surface area contributed by atoms with Gasteiger partial charge in [0.15, 0.2) is 0 Å². The third-order valence-corrected chi connectivity index (χ3v) is 3.33. The molecule has 0 saturated heterocycles. The number of furan rings is 1. The molecule has 1 aromatic carbocycles. The molecule has 1 N–H and O–H groups in total. The standard InChI is InChI=1S/C15H16ClNO4/c1-17-14(10-5-4-9(16)8-13(10)19-2)11-6-7-12(21-11)15(18)20-3/h4-8,14,17H,1-3H3. The highest BCUT2D eigenvalue weighted by molar-refractivity contribution is 6.30. The number of benzene rings is 1. The Morgan fingerprint density at radius 2 is 2.05 bits per heavy atom. The fourth-order valence-electron chi connectivity index (χ4n) is 2.09. The van der Waals surface area contributed by atoms with E-state index >= 15 is 0 Å². The molecule has 5 nitrogen and oxygen atoms in total. The summed E-state index contributed by atoms with van der Waals surface area (Å²) in [4.78, 5) is 11.5. The van der Waals surface area contributed by atoms with Crippen molar-refractivity contribution in [2.75, 3.05) is 21.3 Å². The van der Waals surface area contributed by atoms with Gasteiger partial charge in [0, 0.05) is 10.6 Å². The Balaban J connectivity index is 2.40. The molecule has 0 amide bonds. The summed E-state index contributed by atoms with van der Waals surface area (Å²) in [6, 6.07) is 8.38. The van der Waals surface area contributed by atoms with E-state index in [2.05, 4.69) is 10.1 Å². The van der Waals surface area contributed by atoms with Crippen LogP contribution in [0.3, 0.4) is 0 Å². The van der Waals surface area contributed by atoms with Crippen LogP contribution < -0.4 is 10.1 Å². The van der Waals surface area contributed by atoms with Crippen molar-refractivity contribution in [2.24, 2.45) is 0 Å². The van der Waals surface area contributed by atoms with Crippen molar-refractivity contribution in [1.82, 2.24) is 5.32 Å². The maximum atomic E-state index is 11.5. The normalized spacial score (nSPS) is 12.0. The topological polar surface area (TPSA) is 60.7 Å². The summed E-state index contributed by atoms with van der Waals surface area (Å²) in [7, 11) is 4.67. The van der Waals surface area contributed by atoms with Gasteiger partial charge in [-0.15, -0.1) is 0 Å². The van der Waals surface area contributed by atoms with E-state index in [9.17, 15) is 4.79 Å². The van der Waals surface area contributed by atoms with Gasteiger partial charge in [-0.1, -0.05) is 17.7 Å². The van der Waals surface area contributed by atoms with Crippen molar-refractivity contribution >= 4 is 17.6 Å². The van der Waals surface area contributed by atoms with Gasteiger partial charge in [-0.05, 0) is 31.3 Å². The van der Waals surface area contributed by atoms with Crippen LogP contribution in [0.2, 0.25) is 5.02 Å². The van der Waals surface area contributed by atoms with Crippen molar-refractivity contribution < 1.29 is 18.7 Å². The highest BCUT2D eigenvalue weighted by Gasteiger charge is 2.22. The van der Waals surface area contributed by atoms with Gasteiger partial charge in [-0.2, -0.15) is 0 Å². The number of hydrogen-bond donors (Lipinski definition) is 1.